The Hall–Kier alpha value is -1.81. The van der Waals surface area contributed by atoms with E-state index in [1.54, 1.807) is 12.3 Å². The lowest BCUT2D eigenvalue weighted by Gasteiger charge is -2.05. The predicted molar refractivity (Wildman–Crippen MR) is 54.5 cm³/mol. The van der Waals surface area contributed by atoms with E-state index in [4.69, 9.17) is 5.11 Å². The maximum atomic E-state index is 10.5. The number of rotatable bonds is 3. The van der Waals surface area contributed by atoms with Crippen molar-refractivity contribution in [2.75, 3.05) is 0 Å². The number of aliphatic hydroxyl groups is 1. The molecule has 0 saturated carbocycles. The minimum absolute atomic E-state index is 0.115. The number of carboxylic acid groups (broad SMARTS) is 1. The molecule has 0 aliphatic heterocycles. The van der Waals surface area contributed by atoms with Crippen LogP contribution in [0.2, 0.25) is 0 Å². The van der Waals surface area contributed by atoms with Gasteiger partial charge in [0.25, 0.3) is 0 Å². The molecular weight excluding hydrogens is 194 g/mol. The second kappa shape index (κ2) is 3.74. The van der Waals surface area contributed by atoms with Crippen LogP contribution in [0.5, 0.6) is 0 Å². The number of aromatic amines is 1. The standard InChI is InChI=1S/C11H10NO3/c13-10(11(14)15)6-7-1-2-8-3-4-12-9(8)5-7/h1-2,4-5,10,12-13H,6H2,(H,14,15). The molecule has 1 atom stereocenters. The Kier molecular flexibility index (Phi) is 2.43. The molecule has 1 radical (unpaired) electrons. The summed E-state index contributed by atoms with van der Waals surface area (Å²) in [5.41, 5.74) is 1.68. The molecule has 0 saturated heterocycles. The van der Waals surface area contributed by atoms with Gasteiger partial charge in [-0.15, -0.1) is 0 Å². The van der Waals surface area contributed by atoms with Crippen molar-refractivity contribution in [3.63, 3.8) is 0 Å². The third-order valence-corrected chi connectivity index (χ3v) is 2.25. The van der Waals surface area contributed by atoms with Crippen molar-refractivity contribution in [1.29, 1.82) is 0 Å². The van der Waals surface area contributed by atoms with Crippen molar-refractivity contribution in [2.45, 2.75) is 12.5 Å². The van der Waals surface area contributed by atoms with Gasteiger partial charge in [0.05, 0.1) is 0 Å². The molecule has 0 spiro atoms. The van der Waals surface area contributed by atoms with Crippen molar-refractivity contribution >= 4 is 16.9 Å². The number of benzene rings is 1. The van der Waals surface area contributed by atoms with Gasteiger partial charge in [0.15, 0.2) is 6.10 Å². The molecule has 1 aromatic carbocycles. The monoisotopic (exact) mass is 204 g/mol. The second-order valence-corrected chi connectivity index (χ2v) is 3.37. The number of hydrogen-bond acceptors (Lipinski definition) is 2. The maximum Gasteiger partial charge on any atom is 0.332 e. The van der Waals surface area contributed by atoms with E-state index in [0.717, 1.165) is 16.5 Å². The maximum absolute atomic E-state index is 10.5. The zero-order valence-electron chi connectivity index (χ0n) is 7.90. The highest BCUT2D eigenvalue weighted by molar-refractivity contribution is 5.79. The van der Waals surface area contributed by atoms with Crippen LogP contribution in [0.4, 0.5) is 0 Å². The van der Waals surface area contributed by atoms with Crippen LogP contribution in [0.15, 0.2) is 24.4 Å². The van der Waals surface area contributed by atoms with E-state index in [2.05, 4.69) is 11.1 Å². The van der Waals surface area contributed by atoms with Crippen LogP contribution < -0.4 is 0 Å². The van der Waals surface area contributed by atoms with E-state index < -0.39 is 12.1 Å². The fourth-order valence-electron chi connectivity index (χ4n) is 1.47. The Balaban J connectivity index is 2.24. The van der Waals surface area contributed by atoms with E-state index in [1.165, 1.54) is 0 Å². The van der Waals surface area contributed by atoms with E-state index in [0.29, 0.717) is 0 Å². The number of H-pyrrole nitrogens is 1. The normalized spacial score (nSPS) is 12.9. The molecular formula is C11H10NO3. The van der Waals surface area contributed by atoms with Crippen LogP contribution in [-0.4, -0.2) is 27.3 Å². The van der Waals surface area contributed by atoms with Crippen LogP contribution in [0.25, 0.3) is 10.9 Å². The van der Waals surface area contributed by atoms with Crippen LogP contribution in [-0.2, 0) is 11.2 Å². The first-order chi connectivity index (χ1) is 7.16. The van der Waals surface area contributed by atoms with Crippen LogP contribution in [0, 0.1) is 6.07 Å². The van der Waals surface area contributed by atoms with Gasteiger partial charge in [-0.1, -0.05) is 12.1 Å². The van der Waals surface area contributed by atoms with Gasteiger partial charge in [0.1, 0.15) is 0 Å². The summed E-state index contributed by atoms with van der Waals surface area (Å²) in [4.78, 5) is 13.4. The van der Waals surface area contributed by atoms with Crippen molar-refractivity contribution in [3.8, 4) is 0 Å². The number of nitrogens with one attached hydrogen (secondary N) is 1. The molecule has 15 heavy (non-hydrogen) atoms. The Morgan fingerprint density at radius 2 is 2.33 bits per heavy atom. The molecule has 1 unspecified atom stereocenters. The quantitative estimate of drug-likeness (QED) is 0.697. The molecule has 0 fully saturated rings. The van der Waals surface area contributed by atoms with Crippen LogP contribution in [0.1, 0.15) is 5.56 Å². The van der Waals surface area contributed by atoms with Crippen molar-refractivity contribution < 1.29 is 15.0 Å². The van der Waals surface area contributed by atoms with Gasteiger partial charge in [0.2, 0.25) is 0 Å². The Morgan fingerprint density at radius 3 is 3.07 bits per heavy atom. The molecule has 0 bridgehead atoms. The fraction of sp³-hybridized carbons (Fsp3) is 0.182. The number of hydrogen-bond donors (Lipinski definition) is 3. The lowest BCUT2D eigenvalue weighted by Crippen LogP contribution is -2.21. The summed E-state index contributed by atoms with van der Waals surface area (Å²) < 4.78 is 0. The largest absolute Gasteiger partial charge is 0.479 e. The highest BCUT2D eigenvalue weighted by atomic mass is 16.4. The Morgan fingerprint density at radius 1 is 1.53 bits per heavy atom. The Bertz CT molecular complexity index is 489. The lowest BCUT2D eigenvalue weighted by atomic mass is 10.1. The third kappa shape index (κ3) is 1.99. The fourth-order valence-corrected chi connectivity index (χ4v) is 1.47. The molecule has 2 aromatic rings. The van der Waals surface area contributed by atoms with E-state index in [1.807, 2.05) is 12.1 Å². The minimum atomic E-state index is -1.35. The molecule has 0 aliphatic rings. The molecule has 0 aliphatic carbocycles. The van der Waals surface area contributed by atoms with Gasteiger partial charge in [-0.2, -0.15) is 0 Å². The molecule has 3 N–H and O–H groups in total. The number of aliphatic hydroxyl groups excluding tert-OH is 1. The average molecular weight is 204 g/mol. The topological polar surface area (TPSA) is 73.3 Å². The Labute approximate surface area is 86.2 Å². The highest BCUT2D eigenvalue weighted by Gasteiger charge is 2.13. The first kappa shape index (κ1) is 9.73. The summed E-state index contributed by atoms with van der Waals surface area (Å²) in [5.74, 6) is -1.20. The lowest BCUT2D eigenvalue weighted by molar-refractivity contribution is -0.146. The summed E-state index contributed by atoms with van der Waals surface area (Å²) in [7, 11) is 0. The smallest absolute Gasteiger partial charge is 0.332 e. The number of carboxylic acids is 1. The van der Waals surface area contributed by atoms with Gasteiger partial charge >= 0.3 is 5.97 Å². The number of aromatic nitrogens is 1. The first-order valence-electron chi connectivity index (χ1n) is 4.55. The van der Waals surface area contributed by atoms with E-state index in [-0.39, 0.29) is 6.42 Å². The van der Waals surface area contributed by atoms with Crippen LogP contribution >= 0.6 is 0 Å². The summed E-state index contributed by atoms with van der Waals surface area (Å²) in [5, 5.41) is 18.7. The molecule has 2 rings (SSSR count). The minimum Gasteiger partial charge on any atom is -0.479 e. The molecule has 4 heteroatoms. The average Bonchev–Trinajstić information content (AvgIpc) is 2.64. The summed E-state index contributed by atoms with van der Waals surface area (Å²) in [6, 6.07) is 8.44. The van der Waals surface area contributed by atoms with Crippen LogP contribution in [0.3, 0.4) is 0 Å². The molecule has 77 valence electrons. The first-order valence-corrected chi connectivity index (χ1v) is 4.55. The molecule has 4 nitrogen and oxygen atoms in total. The molecule has 1 heterocycles. The highest BCUT2D eigenvalue weighted by Crippen LogP contribution is 2.14. The van der Waals surface area contributed by atoms with Gasteiger partial charge in [-0.05, 0) is 11.6 Å². The van der Waals surface area contributed by atoms with Crippen molar-refractivity contribution in [3.05, 3.63) is 36.0 Å². The van der Waals surface area contributed by atoms with E-state index >= 15 is 0 Å². The number of carbonyl (C=O) groups is 1. The summed E-state index contributed by atoms with van der Waals surface area (Å²) >= 11 is 0. The van der Waals surface area contributed by atoms with Crippen molar-refractivity contribution in [1.82, 2.24) is 4.98 Å². The van der Waals surface area contributed by atoms with E-state index in [9.17, 15) is 9.90 Å². The molecule has 0 amide bonds. The molecule has 1 aromatic heterocycles. The zero-order chi connectivity index (χ0) is 10.8. The third-order valence-electron chi connectivity index (χ3n) is 2.25. The van der Waals surface area contributed by atoms with Crippen molar-refractivity contribution in [2.24, 2.45) is 0 Å². The SMILES string of the molecule is O=C(O)C(O)Cc1ccc2[c]c[nH]c2c1. The summed E-state index contributed by atoms with van der Waals surface area (Å²) in [6.07, 6.45) is 0.466. The zero-order valence-corrected chi connectivity index (χ0v) is 7.90. The summed E-state index contributed by atoms with van der Waals surface area (Å²) in [6.45, 7) is 0. The number of aliphatic carboxylic acids is 1. The number of fused-ring (bicyclic) bond motifs is 1. The predicted octanol–water partition coefficient (Wildman–Crippen LogP) is 0.956. The van der Waals surface area contributed by atoms with Gasteiger partial charge in [-0.25, -0.2) is 4.79 Å². The second-order valence-electron chi connectivity index (χ2n) is 3.37. The van der Waals surface area contributed by atoms with Gasteiger partial charge in [0, 0.05) is 29.6 Å². The van der Waals surface area contributed by atoms with Gasteiger partial charge < -0.3 is 15.2 Å². The van der Waals surface area contributed by atoms with Gasteiger partial charge in [-0.3, -0.25) is 0 Å².